The van der Waals surface area contributed by atoms with Crippen LogP contribution in [0.5, 0.6) is 0 Å². The topological polar surface area (TPSA) is 40.6 Å². The van der Waals surface area contributed by atoms with Gasteiger partial charge in [-0.2, -0.15) is 0 Å². The van der Waals surface area contributed by atoms with Crippen molar-refractivity contribution < 1.29 is 8.42 Å². The Bertz CT molecular complexity index is 1210. The van der Waals surface area contributed by atoms with E-state index in [-0.39, 0.29) is 5.75 Å². The van der Waals surface area contributed by atoms with E-state index in [4.69, 9.17) is 11.6 Å². The lowest BCUT2D eigenvalue weighted by Gasteiger charge is -2.40. The van der Waals surface area contributed by atoms with Gasteiger partial charge in [0.15, 0.2) is 0 Å². The Morgan fingerprint density at radius 2 is 1.86 bits per heavy atom. The average Bonchev–Trinajstić information content (AvgIpc) is 3.52. The second-order valence-corrected chi connectivity index (χ2v) is 13.5. The van der Waals surface area contributed by atoms with Crippen LogP contribution in [-0.2, 0) is 22.9 Å². The van der Waals surface area contributed by atoms with Crippen LogP contribution in [0.4, 0.5) is 0 Å². The van der Waals surface area contributed by atoms with E-state index in [0.717, 1.165) is 30.2 Å². The number of hydrogen-bond donors (Lipinski definition) is 0. The summed E-state index contributed by atoms with van der Waals surface area (Å²) in [4.78, 5) is 2.64. The van der Waals surface area contributed by atoms with E-state index in [1.807, 2.05) is 18.2 Å². The molecule has 4 nitrogen and oxygen atoms in total. The lowest BCUT2D eigenvalue weighted by atomic mass is 9.86. The predicted octanol–water partition coefficient (Wildman–Crippen LogP) is 5.38. The number of halogens is 1. The van der Waals surface area contributed by atoms with E-state index >= 15 is 0 Å². The summed E-state index contributed by atoms with van der Waals surface area (Å²) >= 11 is 6.30. The molecule has 0 amide bonds. The summed E-state index contributed by atoms with van der Waals surface area (Å²) in [5.74, 6) is 1.68. The fourth-order valence-corrected chi connectivity index (χ4v) is 7.62. The van der Waals surface area contributed by atoms with Gasteiger partial charge in [-0.05, 0) is 91.9 Å². The molecule has 2 aliphatic carbocycles. The Balaban J connectivity index is 1.15. The van der Waals surface area contributed by atoms with Gasteiger partial charge in [-0.25, -0.2) is 12.7 Å². The molecule has 186 valence electrons. The van der Waals surface area contributed by atoms with E-state index in [0.29, 0.717) is 31.0 Å². The molecule has 4 aliphatic rings. The number of rotatable bonds is 9. The van der Waals surface area contributed by atoms with Gasteiger partial charge in [0.25, 0.3) is 0 Å². The lowest BCUT2D eigenvalue weighted by Crippen LogP contribution is -2.49. The quantitative estimate of drug-likeness (QED) is 0.425. The van der Waals surface area contributed by atoms with E-state index in [2.05, 4.69) is 41.3 Å². The standard InChI is InChI=1S/C29H35ClN2O2S/c30-26-7-3-6-22(15-26)16-28-27-17-23(10-11-24(27)18-29(28)31-12-4-13-31)25-19-32(20-25)35(33,34)14-2-1-5-21-8-9-21/h1-3,6-7,10-11,15,17,21,25,28-29H,4-5,8-9,12-14,16,18-20H2. The molecule has 0 aromatic heterocycles. The summed E-state index contributed by atoms with van der Waals surface area (Å²) in [6.07, 6.45) is 10.9. The predicted molar refractivity (Wildman–Crippen MR) is 143 cm³/mol. The maximum absolute atomic E-state index is 12.7. The van der Waals surface area contributed by atoms with Crippen molar-refractivity contribution in [3.63, 3.8) is 0 Å². The van der Waals surface area contributed by atoms with Gasteiger partial charge in [-0.15, -0.1) is 0 Å². The molecule has 2 heterocycles. The Labute approximate surface area is 215 Å². The van der Waals surface area contributed by atoms with E-state index in [1.165, 1.54) is 54.6 Å². The van der Waals surface area contributed by atoms with E-state index < -0.39 is 10.0 Å². The highest BCUT2D eigenvalue weighted by Crippen LogP contribution is 2.42. The Hall–Kier alpha value is -1.66. The summed E-state index contributed by atoms with van der Waals surface area (Å²) < 4.78 is 27.1. The van der Waals surface area contributed by atoms with Crippen molar-refractivity contribution in [2.75, 3.05) is 31.9 Å². The summed E-state index contributed by atoms with van der Waals surface area (Å²) in [7, 11) is -3.20. The fourth-order valence-electron chi connectivity index (χ4n) is 6.01. The Kier molecular flexibility index (Phi) is 6.55. The molecule has 1 saturated carbocycles. The van der Waals surface area contributed by atoms with Crippen molar-refractivity contribution in [3.8, 4) is 0 Å². The number of fused-ring (bicyclic) bond motifs is 1. The van der Waals surface area contributed by atoms with Crippen LogP contribution in [0.1, 0.15) is 59.8 Å². The minimum atomic E-state index is -3.20. The third kappa shape index (κ3) is 5.11. The largest absolute Gasteiger partial charge is 0.299 e. The van der Waals surface area contributed by atoms with Crippen molar-refractivity contribution in [1.29, 1.82) is 0 Å². The molecule has 2 aromatic rings. The second-order valence-electron chi connectivity index (χ2n) is 11.0. The average molecular weight is 511 g/mol. The Morgan fingerprint density at radius 1 is 1.03 bits per heavy atom. The molecular weight excluding hydrogens is 476 g/mol. The van der Waals surface area contributed by atoms with Gasteiger partial charge in [-0.3, -0.25) is 4.90 Å². The van der Waals surface area contributed by atoms with Gasteiger partial charge >= 0.3 is 0 Å². The molecule has 0 bridgehead atoms. The van der Waals surface area contributed by atoms with Crippen LogP contribution in [0.15, 0.2) is 54.6 Å². The van der Waals surface area contributed by atoms with Crippen LogP contribution >= 0.6 is 11.6 Å². The zero-order chi connectivity index (χ0) is 24.0. The maximum atomic E-state index is 12.7. The van der Waals surface area contributed by atoms with Crippen LogP contribution in [-0.4, -0.2) is 55.6 Å². The molecule has 0 spiro atoms. The van der Waals surface area contributed by atoms with Gasteiger partial charge in [0, 0.05) is 36.0 Å². The first kappa shape index (κ1) is 23.7. The molecule has 35 heavy (non-hydrogen) atoms. The monoisotopic (exact) mass is 510 g/mol. The second kappa shape index (κ2) is 9.66. The van der Waals surface area contributed by atoms with Crippen LogP contribution < -0.4 is 0 Å². The van der Waals surface area contributed by atoms with Crippen LogP contribution in [0.2, 0.25) is 5.02 Å². The van der Waals surface area contributed by atoms with Gasteiger partial charge in [0.05, 0.1) is 5.75 Å². The normalized spacial score (nSPS) is 25.5. The van der Waals surface area contributed by atoms with Crippen molar-refractivity contribution in [1.82, 2.24) is 9.21 Å². The molecule has 6 rings (SSSR count). The molecule has 3 fully saturated rings. The molecule has 0 N–H and O–H groups in total. The molecule has 2 saturated heterocycles. The van der Waals surface area contributed by atoms with Crippen LogP contribution in [0, 0.1) is 5.92 Å². The number of likely N-dealkylation sites (tertiary alicyclic amines) is 1. The van der Waals surface area contributed by atoms with Gasteiger partial charge in [0.1, 0.15) is 0 Å². The highest BCUT2D eigenvalue weighted by atomic mass is 35.5. The highest BCUT2D eigenvalue weighted by molar-refractivity contribution is 7.89. The van der Waals surface area contributed by atoms with E-state index in [9.17, 15) is 8.42 Å². The first-order valence-corrected chi connectivity index (χ1v) is 15.2. The summed E-state index contributed by atoms with van der Waals surface area (Å²) in [6, 6.07) is 15.8. The molecule has 2 atom stereocenters. The molecule has 2 aromatic carbocycles. The SMILES string of the molecule is O=S(=O)(CC=CCC1CC1)N1CC(c2ccc3c(c2)C(Cc2cccc(Cl)c2)C(N2CCC2)C3)C1. The number of hydrogen-bond acceptors (Lipinski definition) is 3. The Morgan fingerprint density at radius 3 is 2.57 bits per heavy atom. The molecule has 6 heteroatoms. The number of allylic oxidation sites excluding steroid dienone is 1. The van der Waals surface area contributed by atoms with Crippen LogP contribution in [0.25, 0.3) is 0 Å². The smallest absolute Gasteiger partial charge is 0.217 e. The third-order valence-electron chi connectivity index (χ3n) is 8.52. The van der Waals surface area contributed by atoms with Gasteiger partial charge < -0.3 is 0 Å². The lowest BCUT2D eigenvalue weighted by molar-refractivity contribution is 0.106. The van der Waals surface area contributed by atoms with Crippen molar-refractivity contribution in [2.45, 2.75) is 56.4 Å². The van der Waals surface area contributed by atoms with E-state index in [1.54, 1.807) is 4.31 Å². The molecular formula is C29H35ClN2O2S. The molecule has 2 unspecified atom stereocenters. The van der Waals surface area contributed by atoms with Gasteiger partial charge in [0.2, 0.25) is 10.0 Å². The fraction of sp³-hybridized carbons (Fsp3) is 0.517. The first-order chi connectivity index (χ1) is 17.0. The van der Waals surface area contributed by atoms with Crippen LogP contribution in [0.3, 0.4) is 0 Å². The first-order valence-electron chi connectivity index (χ1n) is 13.2. The van der Waals surface area contributed by atoms with Crippen molar-refractivity contribution in [2.24, 2.45) is 5.92 Å². The minimum Gasteiger partial charge on any atom is -0.299 e. The van der Waals surface area contributed by atoms with Crippen molar-refractivity contribution >= 4 is 21.6 Å². The zero-order valence-corrected chi connectivity index (χ0v) is 21.9. The number of benzene rings is 2. The summed E-state index contributed by atoms with van der Waals surface area (Å²) in [5, 5.41) is 0.799. The highest BCUT2D eigenvalue weighted by Gasteiger charge is 2.40. The molecule has 0 radical (unpaired) electrons. The number of nitrogens with zero attached hydrogens (tertiary/aromatic N) is 2. The minimum absolute atomic E-state index is 0.135. The van der Waals surface area contributed by atoms with Crippen molar-refractivity contribution in [3.05, 3.63) is 81.9 Å². The maximum Gasteiger partial charge on any atom is 0.217 e. The summed E-state index contributed by atoms with van der Waals surface area (Å²) in [5.41, 5.74) is 5.51. The third-order valence-corrected chi connectivity index (χ3v) is 10.5. The van der Waals surface area contributed by atoms with Gasteiger partial charge in [-0.1, -0.05) is 54.1 Å². The molecule has 2 aliphatic heterocycles. The number of sulfonamides is 1. The summed E-state index contributed by atoms with van der Waals surface area (Å²) in [6.45, 7) is 3.60. The zero-order valence-electron chi connectivity index (χ0n) is 20.3.